The van der Waals surface area contributed by atoms with Crippen molar-refractivity contribution in [1.82, 2.24) is 0 Å². The molecule has 0 atom stereocenters. The molecule has 0 unspecified atom stereocenters. The first kappa shape index (κ1) is 16.1. The Morgan fingerprint density at radius 1 is 1.05 bits per heavy atom. The lowest BCUT2D eigenvalue weighted by Crippen LogP contribution is -3.27. The minimum absolute atomic E-state index is 0.288. The molecule has 3 N–H and O–H groups in total. The zero-order valence-corrected chi connectivity index (χ0v) is 13.4. The summed E-state index contributed by atoms with van der Waals surface area (Å²) in [6.45, 7) is 8.74. The van der Waals surface area contributed by atoms with Gasteiger partial charge in [-0.15, -0.1) is 0 Å². The maximum Gasteiger partial charge on any atom is 0.134 e. The van der Waals surface area contributed by atoms with Crippen molar-refractivity contribution in [2.75, 3.05) is 53.6 Å². The summed E-state index contributed by atoms with van der Waals surface area (Å²) in [5.74, 6) is 1.83. The third-order valence-corrected chi connectivity index (χ3v) is 4.43. The van der Waals surface area contributed by atoms with Crippen molar-refractivity contribution in [2.45, 2.75) is 13.5 Å². The molecular formula is C16H28N2O3+2. The quantitative estimate of drug-likeness (QED) is 0.586. The number of aliphatic hydroxyl groups is 1. The van der Waals surface area contributed by atoms with Gasteiger partial charge in [0.25, 0.3) is 0 Å². The van der Waals surface area contributed by atoms with Crippen LogP contribution in [0.5, 0.6) is 11.5 Å². The van der Waals surface area contributed by atoms with Gasteiger partial charge in [-0.05, 0) is 19.1 Å². The summed E-state index contributed by atoms with van der Waals surface area (Å²) in [7, 11) is 3.42. The second-order valence-corrected chi connectivity index (χ2v) is 5.74. The summed E-state index contributed by atoms with van der Waals surface area (Å²) in [5.41, 5.74) is 2.32. The second kappa shape index (κ2) is 7.64. The lowest BCUT2D eigenvalue weighted by atomic mass is 10.1. The van der Waals surface area contributed by atoms with Gasteiger partial charge in [0.05, 0.1) is 20.8 Å². The Labute approximate surface area is 127 Å². The third kappa shape index (κ3) is 3.87. The molecule has 0 aliphatic carbocycles. The van der Waals surface area contributed by atoms with E-state index in [1.165, 1.54) is 10.5 Å². The van der Waals surface area contributed by atoms with E-state index in [2.05, 4.69) is 6.07 Å². The van der Waals surface area contributed by atoms with Crippen LogP contribution in [0.3, 0.4) is 0 Å². The highest BCUT2D eigenvalue weighted by Crippen LogP contribution is 2.30. The molecule has 1 aliphatic rings. The van der Waals surface area contributed by atoms with Gasteiger partial charge in [-0.2, -0.15) is 0 Å². The van der Waals surface area contributed by atoms with E-state index >= 15 is 0 Å². The maximum atomic E-state index is 9.01. The van der Waals surface area contributed by atoms with Gasteiger partial charge in [-0.25, -0.2) is 0 Å². The van der Waals surface area contributed by atoms with E-state index in [9.17, 15) is 0 Å². The van der Waals surface area contributed by atoms with Crippen molar-refractivity contribution in [3.8, 4) is 11.5 Å². The van der Waals surface area contributed by atoms with Crippen molar-refractivity contribution >= 4 is 0 Å². The topological polar surface area (TPSA) is 47.6 Å². The predicted molar refractivity (Wildman–Crippen MR) is 81.3 cm³/mol. The molecule has 0 amide bonds. The van der Waals surface area contributed by atoms with Crippen LogP contribution in [-0.2, 0) is 6.54 Å². The van der Waals surface area contributed by atoms with E-state index in [-0.39, 0.29) is 6.61 Å². The van der Waals surface area contributed by atoms with Gasteiger partial charge in [0.2, 0.25) is 0 Å². The lowest BCUT2D eigenvalue weighted by Gasteiger charge is -2.29. The van der Waals surface area contributed by atoms with Crippen molar-refractivity contribution < 1.29 is 24.4 Å². The Morgan fingerprint density at radius 3 is 2.29 bits per heavy atom. The molecular weight excluding hydrogens is 268 g/mol. The molecule has 1 fully saturated rings. The van der Waals surface area contributed by atoms with Gasteiger partial charge in [-0.3, -0.25) is 0 Å². The van der Waals surface area contributed by atoms with Crippen LogP contribution in [0.25, 0.3) is 0 Å². The standard InChI is InChI=1S/C16H26N2O3/c1-13-15(20-2)5-4-14(16(13)21-3)12-18-8-6-17(7-9-18)10-11-19/h4-5,19H,6-12H2,1-3H3/p+2. The Balaban J connectivity index is 2.02. The molecule has 118 valence electrons. The monoisotopic (exact) mass is 296 g/mol. The summed E-state index contributed by atoms with van der Waals surface area (Å²) >= 11 is 0. The van der Waals surface area contributed by atoms with Crippen LogP contribution < -0.4 is 19.3 Å². The van der Waals surface area contributed by atoms with Crippen LogP contribution in [0.2, 0.25) is 0 Å². The van der Waals surface area contributed by atoms with Crippen LogP contribution in [-0.4, -0.2) is 58.7 Å². The number of quaternary nitrogens is 2. The summed E-state index contributed by atoms with van der Waals surface area (Å²) in [5, 5.41) is 9.01. The molecule has 1 saturated heterocycles. The minimum atomic E-state index is 0.288. The van der Waals surface area contributed by atoms with Crippen LogP contribution in [0.4, 0.5) is 0 Å². The molecule has 0 aromatic heterocycles. The Bertz CT molecular complexity index is 457. The number of hydrogen-bond acceptors (Lipinski definition) is 3. The van der Waals surface area contributed by atoms with E-state index in [1.54, 1.807) is 19.1 Å². The molecule has 5 heteroatoms. The molecule has 5 nitrogen and oxygen atoms in total. The third-order valence-electron chi connectivity index (χ3n) is 4.43. The number of ether oxygens (including phenoxy) is 2. The first-order chi connectivity index (χ1) is 10.2. The Hall–Kier alpha value is -1.30. The first-order valence-electron chi connectivity index (χ1n) is 7.68. The van der Waals surface area contributed by atoms with Crippen LogP contribution in [0.15, 0.2) is 12.1 Å². The number of methoxy groups -OCH3 is 2. The molecule has 0 bridgehead atoms. The normalized spacial score (nSPS) is 22.1. The smallest absolute Gasteiger partial charge is 0.134 e. The number of hydrogen-bond donors (Lipinski definition) is 3. The Morgan fingerprint density at radius 2 is 1.71 bits per heavy atom. The number of aliphatic hydroxyl groups excluding tert-OH is 1. The fourth-order valence-electron chi connectivity index (χ4n) is 3.19. The first-order valence-corrected chi connectivity index (χ1v) is 7.68. The second-order valence-electron chi connectivity index (χ2n) is 5.74. The Kier molecular flexibility index (Phi) is 5.85. The van der Waals surface area contributed by atoms with Gasteiger partial charge in [0.15, 0.2) is 0 Å². The number of benzene rings is 1. The highest BCUT2D eigenvalue weighted by molar-refractivity contribution is 5.48. The molecule has 1 aromatic carbocycles. The van der Waals surface area contributed by atoms with E-state index in [1.807, 2.05) is 13.0 Å². The molecule has 0 radical (unpaired) electrons. The SMILES string of the molecule is COc1ccc(C[NH+]2CC[NH+](CCO)CC2)c(OC)c1C. The number of rotatable bonds is 6. The summed E-state index contributed by atoms with van der Waals surface area (Å²) in [6, 6.07) is 4.14. The molecule has 0 spiro atoms. The van der Waals surface area contributed by atoms with Crippen molar-refractivity contribution in [3.05, 3.63) is 23.3 Å². The van der Waals surface area contributed by atoms with Gasteiger partial charge < -0.3 is 24.4 Å². The van der Waals surface area contributed by atoms with Crippen LogP contribution in [0, 0.1) is 6.92 Å². The molecule has 0 saturated carbocycles. The summed E-state index contributed by atoms with van der Waals surface area (Å²) in [4.78, 5) is 3.10. The summed E-state index contributed by atoms with van der Waals surface area (Å²) < 4.78 is 10.9. The lowest BCUT2D eigenvalue weighted by molar-refractivity contribution is -1.02. The maximum absolute atomic E-state index is 9.01. The van der Waals surface area contributed by atoms with Crippen molar-refractivity contribution in [3.63, 3.8) is 0 Å². The average molecular weight is 296 g/mol. The highest BCUT2D eigenvalue weighted by atomic mass is 16.5. The van der Waals surface area contributed by atoms with E-state index in [0.717, 1.165) is 56.3 Å². The fourth-order valence-corrected chi connectivity index (χ4v) is 3.19. The van der Waals surface area contributed by atoms with Gasteiger partial charge >= 0.3 is 0 Å². The molecule has 1 heterocycles. The molecule has 2 rings (SSSR count). The van der Waals surface area contributed by atoms with Crippen LogP contribution >= 0.6 is 0 Å². The van der Waals surface area contributed by atoms with Gasteiger partial charge in [-0.1, -0.05) is 0 Å². The number of nitrogens with one attached hydrogen (secondary N) is 2. The molecule has 21 heavy (non-hydrogen) atoms. The largest absolute Gasteiger partial charge is 0.496 e. The van der Waals surface area contributed by atoms with E-state index in [0.29, 0.717) is 0 Å². The number of piperazine rings is 1. The zero-order valence-electron chi connectivity index (χ0n) is 13.4. The van der Waals surface area contributed by atoms with Gasteiger partial charge in [0.1, 0.15) is 50.8 Å². The molecule has 1 aromatic rings. The highest BCUT2D eigenvalue weighted by Gasteiger charge is 2.24. The van der Waals surface area contributed by atoms with Gasteiger partial charge in [0, 0.05) is 11.1 Å². The van der Waals surface area contributed by atoms with Crippen molar-refractivity contribution in [2.24, 2.45) is 0 Å². The summed E-state index contributed by atoms with van der Waals surface area (Å²) in [6.07, 6.45) is 0. The predicted octanol–water partition coefficient (Wildman–Crippen LogP) is -1.71. The minimum Gasteiger partial charge on any atom is -0.496 e. The fraction of sp³-hybridized carbons (Fsp3) is 0.625. The molecule has 1 aliphatic heterocycles. The average Bonchev–Trinajstić information content (AvgIpc) is 2.50. The van der Waals surface area contributed by atoms with Crippen LogP contribution in [0.1, 0.15) is 11.1 Å². The van der Waals surface area contributed by atoms with Crippen molar-refractivity contribution in [1.29, 1.82) is 0 Å². The zero-order chi connectivity index (χ0) is 15.2. The van der Waals surface area contributed by atoms with E-state index in [4.69, 9.17) is 14.6 Å². The van der Waals surface area contributed by atoms with E-state index < -0.39 is 0 Å².